The van der Waals surface area contributed by atoms with Crippen LogP contribution in [-0.2, 0) is 4.74 Å². The Kier molecular flexibility index (Phi) is 5.17. The molecule has 1 aliphatic rings. The summed E-state index contributed by atoms with van der Waals surface area (Å²) in [6, 6.07) is 16.1. The van der Waals surface area contributed by atoms with Crippen LogP contribution in [-0.4, -0.2) is 58.1 Å². The molecule has 1 fully saturated rings. The van der Waals surface area contributed by atoms with Crippen molar-refractivity contribution in [2.24, 2.45) is 0 Å². The zero-order chi connectivity index (χ0) is 20.4. The molecule has 0 saturated carbocycles. The van der Waals surface area contributed by atoms with Crippen molar-refractivity contribution in [2.45, 2.75) is 18.4 Å². The van der Waals surface area contributed by atoms with Crippen molar-refractivity contribution >= 4 is 16.7 Å². The number of amides is 1. The number of hydrogen-bond donors (Lipinski definition) is 1. The number of nitrogens with zero attached hydrogens (tertiary/aromatic N) is 3. The molecule has 0 aliphatic carbocycles. The first-order valence-electron chi connectivity index (χ1n) is 9.60. The molecule has 7 heteroatoms. The lowest BCUT2D eigenvalue weighted by Gasteiger charge is -2.37. The third-order valence-corrected chi connectivity index (χ3v) is 5.40. The van der Waals surface area contributed by atoms with Gasteiger partial charge in [-0.1, -0.05) is 36.4 Å². The number of para-hydroxylation sites is 1. The summed E-state index contributed by atoms with van der Waals surface area (Å²) < 4.78 is 6.37. The monoisotopic (exact) mass is 393 g/mol. The van der Waals surface area contributed by atoms with Gasteiger partial charge in [0.15, 0.2) is 5.69 Å². The second-order valence-electron chi connectivity index (χ2n) is 7.40. The van der Waals surface area contributed by atoms with Gasteiger partial charge >= 0.3 is 0 Å². The van der Waals surface area contributed by atoms with E-state index in [0.29, 0.717) is 42.4 Å². The maximum Gasteiger partial charge on any atom is 0.279 e. The second kappa shape index (κ2) is 7.77. The molecular weight excluding hydrogens is 370 g/mol. The number of methoxy groups -OCH3 is 1. The van der Waals surface area contributed by atoms with Crippen LogP contribution in [0.25, 0.3) is 16.5 Å². The van der Waals surface area contributed by atoms with E-state index in [2.05, 4.69) is 5.10 Å². The highest BCUT2D eigenvalue weighted by molar-refractivity contribution is 6.04. The van der Waals surface area contributed by atoms with Crippen molar-refractivity contribution in [3.63, 3.8) is 0 Å². The summed E-state index contributed by atoms with van der Waals surface area (Å²) in [6.07, 6.45) is 0.867. The number of aliphatic hydroxyl groups is 1. The predicted molar refractivity (Wildman–Crippen MR) is 109 cm³/mol. The van der Waals surface area contributed by atoms with E-state index in [1.807, 2.05) is 18.2 Å². The molecule has 0 bridgehead atoms. The van der Waals surface area contributed by atoms with Gasteiger partial charge in [0.25, 0.3) is 11.5 Å². The zero-order valence-electron chi connectivity index (χ0n) is 16.2. The molecule has 29 heavy (non-hydrogen) atoms. The zero-order valence-corrected chi connectivity index (χ0v) is 16.2. The minimum Gasteiger partial charge on any atom is -0.387 e. The molecule has 0 radical (unpaired) electrons. The third kappa shape index (κ3) is 3.66. The Morgan fingerprint density at radius 1 is 1.07 bits per heavy atom. The van der Waals surface area contributed by atoms with Crippen molar-refractivity contribution in [1.82, 2.24) is 14.7 Å². The summed E-state index contributed by atoms with van der Waals surface area (Å²) in [6.45, 7) is 1.05. The lowest BCUT2D eigenvalue weighted by atomic mass is 9.92. The van der Waals surface area contributed by atoms with Crippen molar-refractivity contribution in [2.75, 3.05) is 26.8 Å². The summed E-state index contributed by atoms with van der Waals surface area (Å²) in [5.41, 5.74) is -0.341. The number of ether oxygens (including phenoxy) is 1. The van der Waals surface area contributed by atoms with Crippen LogP contribution in [0.3, 0.4) is 0 Å². The van der Waals surface area contributed by atoms with E-state index in [0.717, 1.165) is 0 Å². The van der Waals surface area contributed by atoms with Gasteiger partial charge in [-0.05, 0) is 31.0 Å². The lowest BCUT2D eigenvalue weighted by molar-refractivity contribution is -0.0663. The molecule has 7 nitrogen and oxygen atoms in total. The molecule has 0 atom stereocenters. The summed E-state index contributed by atoms with van der Waals surface area (Å²) >= 11 is 0. The number of aromatic nitrogens is 2. The first-order chi connectivity index (χ1) is 14.0. The van der Waals surface area contributed by atoms with E-state index in [4.69, 9.17) is 4.74 Å². The average molecular weight is 393 g/mol. The maximum absolute atomic E-state index is 13.3. The van der Waals surface area contributed by atoms with E-state index in [-0.39, 0.29) is 23.8 Å². The number of likely N-dealkylation sites (tertiary alicyclic amines) is 1. The van der Waals surface area contributed by atoms with Gasteiger partial charge in [-0.3, -0.25) is 9.59 Å². The topological polar surface area (TPSA) is 84.7 Å². The Balaban J connectivity index is 1.75. The number of piperidine rings is 1. The lowest BCUT2D eigenvalue weighted by Crippen LogP contribution is -2.49. The van der Waals surface area contributed by atoms with E-state index in [1.165, 1.54) is 4.68 Å². The fourth-order valence-electron chi connectivity index (χ4n) is 3.78. The minimum absolute atomic E-state index is 0.237. The number of rotatable bonds is 4. The molecule has 1 saturated heterocycles. The fourth-order valence-corrected chi connectivity index (χ4v) is 3.78. The highest BCUT2D eigenvalue weighted by Crippen LogP contribution is 2.25. The van der Waals surface area contributed by atoms with E-state index in [9.17, 15) is 14.7 Å². The molecule has 2 aromatic carbocycles. The normalized spacial score (nSPS) is 16.1. The molecule has 1 N–H and O–H groups in total. The van der Waals surface area contributed by atoms with Gasteiger partial charge < -0.3 is 14.7 Å². The van der Waals surface area contributed by atoms with Crippen LogP contribution in [0.15, 0.2) is 59.4 Å². The van der Waals surface area contributed by atoms with Crippen molar-refractivity contribution in [3.05, 3.63) is 70.6 Å². The molecule has 3 aromatic rings. The Morgan fingerprint density at radius 2 is 1.69 bits per heavy atom. The van der Waals surface area contributed by atoms with Crippen LogP contribution in [0.2, 0.25) is 0 Å². The summed E-state index contributed by atoms with van der Waals surface area (Å²) in [7, 11) is 1.55. The predicted octanol–water partition coefficient (Wildman–Crippen LogP) is 2.00. The molecule has 1 aromatic heterocycles. The van der Waals surface area contributed by atoms with Crippen molar-refractivity contribution in [1.29, 1.82) is 0 Å². The molecule has 150 valence electrons. The Hall–Kier alpha value is -3.03. The van der Waals surface area contributed by atoms with Crippen LogP contribution >= 0.6 is 0 Å². The van der Waals surface area contributed by atoms with Crippen molar-refractivity contribution in [3.8, 4) is 5.69 Å². The maximum atomic E-state index is 13.3. The molecule has 0 spiro atoms. The number of hydrogen-bond acceptors (Lipinski definition) is 5. The SMILES string of the molecule is COCC1(O)CCN(C(=O)c2nn(-c3ccccc3)c(=O)c3ccccc23)CC1. The molecule has 1 aliphatic heterocycles. The number of carbonyl (C=O) groups is 1. The number of benzene rings is 2. The smallest absolute Gasteiger partial charge is 0.279 e. The average Bonchev–Trinajstić information content (AvgIpc) is 2.75. The van der Waals surface area contributed by atoms with Gasteiger partial charge in [0.1, 0.15) is 0 Å². The van der Waals surface area contributed by atoms with Crippen LogP contribution in [0.1, 0.15) is 23.3 Å². The van der Waals surface area contributed by atoms with Crippen LogP contribution in [0.5, 0.6) is 0 Å². The summed E-state index contributed by atoms with van der Waals surface area (Å²) in [5.74, 6) is -0.245. The Labute approximate surface area is 168 Å². The standard InChI is InChI=1S/C22H23N3O4/c1-29-15-22(28)11-13-24(14-12-22)21(27)19-17-9-5-6-10-18(17)20(26)25(23-19)16-7-3-2-4-8-16/h2-10,28H,11-15H2,1H3. The highest BCUT2D eigenvalue weighted by Gasteiger charge is 2.35. The largest absolute Gasteiger partial charge is 0.387 e. The summed E-state index contributed by atoms with van der Waals surface area (Å²) in [4.78, 5) is 28.0. The van der Waals surface area contributed by atoms with E-state index >= 15 is 0 Å². The number of carbonyl (C=O) groups excluding carboxylic acids is 1. The first-order valence-corrected chi connectivity index (χ1v) is 9.60. The Morgan fingerprint density at radius 3 is 2.34 bits per heavy atom. The van der Waals surface area contributed by atoms with Gasteiger partial charge in [0.05, 0.1) is 23.3 Å². The Bertz CT molecular complexity index is 1090. The van der Waals surface area contributed by atoms with Crippen LogP contribution in [0, 0.1) is 0 Å². The first kappa shape index (κ1) is 19.3. The van der Waals surface area contributed by atoms with E-state index in [1.54, 1.807) is 48.4 Å². The minimum atomic E-state index is -0.913. The van der Waals surface area contributed by atoms with Gasteiger partial charge in [-0.15, -0.1) is 0 Å². The molecule has 0 unspecified atom stereocenters. The molecule has 1 amide bonds. The fraction of sp³-hybridized carbons (Fsp3) is 0.318. The van der Waals surface area contributed by atoms with Crippen LogP contribution < -0.4 is 5.56 Å². The molecule has 4 rings (SSSR count). The van der Waals surface area contributed by atoms with Crippen molar-refractivity contribution < 1.29 is 14.6 Å². The quantitative estimate of drug-likeness (QED) is 0.733. The second-order valence-corrected chi connectivity index (χ2v) is 7.40. The highest BCUT2D eigenvalue weighted by atomic mass is 16.5. The van der Waals surface area contributed by atoms with Crippen LogP contribution in [0.4, 0.5) is 0 Å². The third-order valence-electron chi connectivity index (χ3n) is 5.40. The van der Waals surface area contributed by atoms with Gasteiger partial charge in [0.2, 0.25) is 0 Å². The summed E-state index contributed by atoms with van der Waals surface area (Å²) in [5, 5.41) is 15.9. The molecule has 2 heterocycles. The molecular formula is C22H23N3O4. The van der Waals surface area contributed by atoms with Gasteiger partial charge in [-0.25, -0.2) is 0 Å². The van der Waals surface area contributed by atoms with Gasteiger partial charge in [0, 0.05) is 25.6 Å². The van der Waals surface area contributed by atoms with Gasteiger partial charge in [-0.2, -0.15) is 9.78 Å². The van der Waals surface area contributed by atoms with E-state index < -0.39 is 5.60 Å². The number of fused-ring (bicyclic) bond motifs is 1.